The second kappa shape index (κ2) is 4.68. The molecule has 0 spiro atoms. The molecule has 0 saturated heterocycles. The van der Waals surface area contributed by atoms with E-state index in [9.17, 15) is 8.42 Å². The average Bonchev–Trinajstić information content (AvgIpc) is 2.89. The van der Waals surface area contributed by atoms with Crippen LogP contribution in [0.4, 0.5) is 0 Å². The third kappa shape index (κ3) is 2.34. The minimum Gasteiger partial charge on any atom is -0.207 e. The third-order valence-corrected chi connectivity index (χ3v) is 7.00. The summed E-state index contributed by atoms with van der Waals surface area (Å²) in [6, 6.07) is 7.00. The van der Waals surface area contributed by atoms with Gasteiger partial charge in [0.25, 0.3) is 0 Å². The van der Waals surface area contributed by atoms with E-state index < -0.39 is 10.0 Å². The summed E-state index contributed by atoms with van der Waals surface area (Å²) >= 11 is 0. The smallest absolute Gasteiger partial charge is 0.207 e. The van der Waals surface area contributed by atoms with E-state index in [2.05, 4.69) is 25.1 Å². The van der Waals surface area contributed by atoms with E-state index in [0.717, 1.165) is 18.4 Å². The van der Waals surface area contributed by atoms with Gasteiger partial charge >= 0.3 is 0 Å². The monoisotopic (exact) mass is 305 g/mol. The lowest BCUT2D eigenvalue weighted by atomic mass is 9.72. The van der Waals surface area contributed by atoms with Crippen molar-refractivity contribution in [3.8, 4) is 0 Å². The number of sulfonamides is 1. The van der Waals surface area contributed by atoms with Crippen molar-refractivity contribution in [1.29, 1.82) is 0 Å². The van der Waals surface area contributed by atoms with Crippen molar-refractivity contribution >= 4 is 10.0 Å². The average molecular weight is 305 g/mol. The zero-order valence-electron chi connectivity index (χ0n) is 12.9. The van der Waals surface area contributed by atoms with Crippen LogP contribution in [0, 0.1) is 24.2 Å². The topological polar surface area (TPSA) is 46.2 Å². The number of nitrogens with one attached hydrogen (secondary N) is 1. The molecular weight excluding hydrogens is 282 g/mol. The molecule has 114 valence electrons. The number of benzene rings is 1. The predicted molar refractivity (Wildman–Crippen MR) is 84.4 cm³/mol. The van der Waals surface area contributed by atoms with Crippen molar-refractivity contribution < 1.29 is 8.42 Å². The maximum atomic E-state index is 12.5. The summed E-state index contributed by atoms with van der Waals surface area (Å²) in [5.41, 5.74) is 2.41. The minimum atomic E-state index is -3.43. The highest BCUT2D eigenvalue weighted by Crippen LogP contribution is 2.58. The minimum absolute atomic E-state index is 0.00169. The Hall–Kier alpha value is -1.13. The Labute approximate surface area is 127 Å². The molecule has 0 amide bonds. The van der Waals surface area contributed by atoms with Gasteiger partial charge in [0.05, 0.1) is 4.90 Å². The van der Waals surface area contributed by atoms with Crippen LogP contribution < -0.4 is 4.72 Å². The standard InChI is InChI=1S/C17H23NO2S/c1-11-5-7-14(8-6-11)21(19,20)18-16-10-13-9-15(16)12(2)17(13,3)4/h5-8,13,15-16,18H,2,9-10H2,1,3-4H3/t13-,15+,16-/m0/s1. The molecule has 0 heterocycles. The van der Waals surface area contributed by atoms with Crippen LogP contribution in [0.5, 0.6) is 0 Å². The molecule has 2 bridgehead atoms. The molecule has 2 saturated carbocycles. The molecule has 4 heteroatoms. The Morgan fingerprint density at radius 2 is 1.81 bits per heavy atom. The SMILES string of the molecule is C=C1[C@H]2C[C@@H](C[C@@H]2NS(=O)(=O)c2ccc(C)cc2)C1(C)C. The molecule has 0 unspecified atom stereocenters. The molecule has 0 aromatic heterocycles. The Morgan fingerprint density at radius 3 is 2.33 bits per heavy atom. The van der Waals surface area contributed by atoms with Crippen molar-refractivity contribution in [2.24, 2.45) is 17.3 Å². The van der Waals surface area contributed by atoms with E-state index >= 15 is 0 Å². The van der Waals surface area contributed by atoms with Gasteiger partial charge in [-0.3, -0.25) is 0 Å². The van der Waals surface area contributed by atoms with Crippen molar-refractivity contribution in [2.75, 3.05) is 0 Å². The molecule has 3 nitrogen and oxygen atoms in total. The lowest BCUT2D eigenvalue weighted by Crippen LogP contribution is -2.42. The first-order valence-corrected chi connectivity index (χ1v) is 8.98. The molecule has 0 aliphatic heterocycles. The van der Waals surface area contributed by atoms with E-state index in [1.165, 1.54) is 5.57 Å². The predicted octanol–water partition coefficient (Wildman–Crippen LogP) is 3.26. The molecular formula is C17H23NO2S. The Balaban J connectivity index is 1.79. The molecule has 1 aromatic rings. The maximum Gasteiger partial charge on any atom is 0.240 e. The molecule has 1 N–H and O–H groups in total. The van der Waals surface area contributed by atoms with Gasteiger partial charge in [0, 0.05) is 6.04 Å². The number of hydrogen-bond donors (Lipinski definition) is 1. The van der Waals surface area contributed by atoms with Crippen molar-refractivity contribution in [3.63, 3.8) is 0 Å². The fraction of sp³-hybridized carbons (Fsp3) is 0.529. The van der Waals surface area contributed by atoms with Gasteiger partial charge in [-0.2, -0.15) is 0 Å². The first-order valence-electron chi connectivity index (χ1n) is 7.50. The van der Waals surface area contributed by atoms with Crippen molar-refractivity contribution in [2.45, 2.75) is 44.6 Å². The van der Waals surface area contributed by atoms with Gasteiger partial charge in [0.2, 0.25) is 10.0 Å². The van der Waals surface area contributed by atoms with Gasteiger partial charge in [0.1, 0.15) is 0 Å². The summed E-state index contributed by atoms with van der Waals surface area (Å²) in [6.07, 6.45) is 1.98. The van der Waals surface area contributed by atoms with Gasteiger partial charge in [0.15, 0.2) is 0 Å². The van der Waals surface area contributed by atoms with Gasteiger partial charge < -0.3 is 0 Å². The summed E-state index contributed by atoms with van der Waals surface area (Å²) in [4.78, 5) is 0.348. The number of hydrogen-bond acceptors (Lipinski definition) is 2. The van der Waals surface area contributed by atoms with E-state index in [-0.39, 0.29) is 17.4 Å². The Bertz CT molecular complexity index is 673. The fourth-order valence-corrected chi connectivity index (χ4v) is 5.16. The molecule has 21 heavy (non-hydrogen) atoms. The van der Waals surface area contributed by atoms with E-state index in [4.69, 9.17) is 0 Å². The van der Waals surface area contributed by atoms with Gasteiger partial charge in [-0.25, -0.2) is 13.1 Å². The van der Waals surface area contributed by atoms with Crippen LogP contribution in [-0.4, -0.2) is 14.5 Å². The van der Waals surface area contributed by atoms with Gasteiger partial charge in [-0.05, 0) is 49.1 Å². The van der Waals surface area contributed by atoms with Gasteiger partial charge in [-0.15, -0.1) is 0 Å². The first kappa shape index (κ1) is 14.8. The summed E-state index contributed by atoms with van der Waals surface area (Å²) in [7, 11) is -3.43. The van der Waals surface area contributed by atoms with Crippen molar-refractivity contribution in [3.05, 3.63) is 42.0 Å². The largest absolute Gasteiger partial charge is 0.240 e. The number of rotatable bonds is 3. The number of aryl methyl sites for hydroxylation is 1. The second-order valence-corrected chi connectivity index (χ2v) is 8.78. The van der Waals surface area contributed by atoms with Crippen molar-refractivity contribution in [1.82, 2.24) is 4.72 Å². The summed E-state index contributed by atoms with van der Waals surface area (Å²) in [6.45, 7) is 10.6. The fourth-order valence-electron chi connectivity index (χ4n) is 3.87. The van der Waals surface area contributed by atoms with E-state index in [1.54, 1.807) is 12.1 Å². The van der Waals surface area contributed by atoms with Gasteiger partial charge in [-0.1, -0.05) is 43.7 Å². The molecule has 1 aromatic carbocycles. The summed E-state index contributed by atoms with van der Waals surface area (Å²) < 4.78 is 27.9. The first-order chi connectivity index (χ1) is 9.72. The number of fused-ring (bicyclic) bond motifs is 2. The Morgan fingerprint density at radius 1 is 1.19 bits per heavy atom. The molecule has 3 rings (SSSR count). The van der Waals surface area contributed by atoms with E-state index in [1.807, 2.05) is 19.1 Å². The lowest BCUT2D eigenvalue weighted by molar-refractivity contribution is 0.269. The van der Waals surface area contributed by atoms with Crippen LogP contribution in [0.1, 0.15) is 32.3 Å². The molecule has 2 aliphatic rings. The highest BCUT2D eigenvalue weighted by Gasteiger charge is 2.53. The third-order valence-electron chi connectivity index (χ3n) is 5.50. The summed E-state index contributed by atoms with van der Waals surface area (Å²) in [5.74, 6) is 0.825. The van der Waals surface area contributed by atoms with E-state index in [0.29, 0.717) is 10.8 Å². The van der Waals surface area contributed by atoms with Crippen LogP contribution in [-0.2, 0) is 10.0 Å². The van der Waals surface area contributed by atoms with Crippen LogP contribution >= 0.6 is 0 Å². The normalized spacial score (nSPS) is 30.8. The molecule has 3 atom stereocenters. The highest BCUT2D eigenvalue weighted by atomic mass is 32.2. The van der Waals surface area contributed by atoms with Crippen LogP contribution in [0.15, 0.2) is 41.3 Å². The molecule has 2 fully saturated rings. The van der Waals surface area contributed by atoms with Crippen LogP contribution in [0.25, 0.3) is 0 Å². The Kier molecular flexibility index (Phi) is 3.30. The maximum absolute atomic E-state index is 12.5. The highest BCUT2D eigenvalue weighted by molar-refractivity contribution is 7.89. The summed E-state index contributed by atoms with van der Waals surface area (Å²) in [5, 5.41) is 0. The van der Waals surface area contributed by atoms with Crippen LogP contribution in [0.2, 0.25) is 0 Å². The molecule has 0 radical (unpaired) electrons. The van der Waals surface area contributed by atoms with Crippen LogP contribution in [0.3, 0.4) is 0 Å². The second-order valence-electron chi connectivity index (χ2n) is 7.06. The zero-order chi connectivity index (χ0) is 15.4. The zero-order valence-corrected chi connectivity index (χ0v) is 13.7. The lowest BCUT2D eigenvalue weighted by Gasteiger charge is -2.36. The quantitative estimate of drug-likeness (QED) is 0.871. The molecule has 2 aliphatic carbocycles.